The zero-order chi connectivity index (χ0) is 17.4. The lowest BCUT2D eigenvalue weighted by molar-refractivity contribution is -0.137. The zero-order valence-electron chi connectivity index (χ0n) is 14.1. The lowest BCUT2D eigenvalue weighted by atomic mass is 9.94. The number of thioether (sulfide) groups is 1. The monoisotopic (exact) mass is 371 g/mol. The molecule has 0 radical (unpaired) electrons. The Bertz CT molecular complexity index is 629. The number of hydrogen-bond acceptors (Lipinski definition) is 4. The standard InChI is InChI=1S/C18H24F3N3S/c19-18(20,21)11-9-14(23-12-5-7-22-8-6-12)17-16(10-11)25-15-4-2-1-3-13(15)24-17/h9-10,12-13,15,22-24H,1-8H2. The number of fused-ring (bicyclic) bond motifs is 2. The van der Waals surface area contributed by atoms with E-state index in [-0.39, 0.29) is 6.04 Å². The summed E-state index contributed by atoms with van der Waals surface area (Å²) < 4.78 is 40.1. The van der Waals surface area contributed by atoms with Gasteiger partial charge in [-0.2, -0.15) is 13.2 Å². The minimum atomic E-state index is -4.32. The molecule has 25 heavy (non-hydrogen) atoms. The fourth-order valence-corrected chi connectivity index (χ4v) is 5.53. The number of benzene rings is 1. The van der Waals surface area contributed by atoms with Gasteiger partial charge in [0.15, 0.2) is 0 Å². The molecule has 138 valence electrons. The smallest absolute Gasteiger partial charge is 0.380 e. The molecule has 1 saturated carbocycles. The van der Waals surface area contributed by atoms with Crippen molar-refractivity contribution in [3.05, 3.63) is 17.7 Å². The zero-order valence-corrected chi connectivity index (χ0v) is 14.9. The highest BCUT2D eigenvalue weighted by Crippen LogP contribution is 2.48. The van der Waals surface area contributed by atoms with Crippen molar-refractivity contribution in [1.82, 2.24) is 5.32 Å². The van der Waals surface area contributed by atoms with Gasteiger partial charge in [-0.25, -0.2) is 0 Å². The van der Waals surface area contributed by atoms with E-state index in [2.05, 4.69) is 16.0 Å². The Hall–Kier alpha value is -1.08. The molecular weight excluding hydrogens is 347 g/mol. The van der Waals surface area contributed by atoms with Gasteiger partial charge in [-0.3, -0.25) is 0 Å². The first-order valence-electron chi connectivity index (χ1n) is 9.16. The second kappa shape index (κ2) is 6.91. The third-order valence-corrected chi connectivity index (χ3v) is 6.88. The van der Waals surface area contributed by atoms with Crippen molar-refractivity contribution in [1.29, 1.82) is 0 Å². The van der Waals surface area contributed by atoms with Crippen molar-refractivity contribution in [3.63, 3.8) is 0 Å². The molecule has 4 rings (SSSR count). The van der Waals surface area contributed by atoms with Crippen molar-refractivity contribution in [3.8, 4) is 0 Å². The highest BCUT2D eigenvalue weighted by molar-refractivity contribution is 8.00. The van der Waals surface area contributed by atoms with E-state index in [1.165, 1.54) is 25.0 Å². The average Bonchev–Trinajstić information content (AvgIpc) is 2.60. The summed E-state index contributed by atoms with van der Waals surface area (Å²) in [7, 11) is 0. The topological polar surface area (TPSA) is 36.1 Å². The molecule has 2 fully saturated rings. The van der Waals surface area contributed by atoms with Gasteiger partial charge in [-0.1, -0.05) is 12.8 Å². The van der Waals surface area contributed by atoms with Crippen molar-refractivity contribution in [2.24, 2.45) is 0 Å². The minimum absolute atomic E-state index is 0.227. The molecule has 1 aromatic carbocycles. The number of piperidine rings is 1. The molecule has 3 aliphatic rings. The predicted octanol–water partition coefficient (Wildman–Crippen LogP) is 4.70. The number of nitrogens with one attached hydrogen (secondary N) is 3. The third-order valence-electron chi connectivity index (χ3n) is 5.44. The van der Waals surface area contributed by atoms with E-state index in [4.69, 9.17) is 0 Å². The Kier molecular flexibility index (Phi) is 4.79. The van der Waals surface area contributed by atoms with E-state index in [1.54, 1.807) is 11.8 Å². The molecule has 0 aromatic heterocycles. The van der Waals surface area contributed by atoms with Gasteiger partial charge in [0.25, 0.3) is 0 Å². The number of alkyl halides is 3. The van der Waals surface area contributed by atoms with Crippen LogP contribution in [-0.4, -0.2) is 30.4 Å². The number of hydrogen-bond donors (Lipinski definition) is 3. The van der Waals surface area contributed by atoms with Crippen LogP contribution in [0.15, 0.2) is 17.0 Å². The largest absolute Gasteiger partial charge is 0.416 e. The lowest BCUT2D eigenvalue weighted by Gasteiger charge is -2.39. The molecule has 1 aromatic rings. The van der Waals surface area contributed by atoms with E-state index in [1.807, 2.05) is 0 Å². The minimum Gasteiger partial charge on any atom is -0.380 e. The maximum absolute atomic E-state index is 13.4. The van der Waals surface area contributed by atoms with Crippen LogP contribution in [0.2, 0.25) is 0 Å². The second-order valence-electron chi connectivity index (χ2n) is 7.25. The Labute approximate surface area is 150 Å². The average molecular weight is 371 g/mol. The summed E-state index contributed by atoms with van der Waals surface area (Å²) in [6.07, 6.45) is 2.10. The molecule has 2 unspecified atom stereocenters. The quantitative estimate of drug-likeness (QED) is 0.704. The first kappa shape index (κ1) is 17.3. The van der Waals surface area contributed by atoms with Gasteiger partial charge >= 0.3 is 6.18 Å². The van der Waals surface area contributed by atoms with Crippen LogP contribution >= 0.6 is 11.8 Å². The van der Waals surface area contributed by atoms with E-state index in [0.29, 0.717) is 17.0 Å². The van der Waals surface area contributed by atoms with Crippen molar-refractivity contribution in [2.45, 2.75) is 66.9 Å². The van der Waals surface area contributed by atoms with E-state index >= 15 is 0 Å². The Balaban J connectivity index is 1.68. The molecule has 3 N–H and O–H groups in total. The summed E-state index contributed by atoms with van der Waals surface area (Å²) in [5, 5.41) is 10.7. The summed E-state index contributed by atoms with van der Waals surface area (Å²) in [5.41, 5.74) is 0.944. The van der Waals surface area contributed by atoms with Crippen molar-refractivity contribution in [2.75, 3.05) is 23.7 Å². The van der Waals surface area contributed by atoms with Gasteiger partial charge in [0, 0.05) is 22.2 Å². The Morgan fingerprint density at radius 2 is 1.80 bits per heavy atom. The molecule has 0 bridgehead atoms. The molecule has 2 atom stereocenters. The van der Waals surface area contributed by atoms with E-state index < -0.39 is 11.7 Å². The molecule has 2 aliphatic heterocycles. The van der Waals surface area contributed by atoms with Gasteiger partial charge < -0.3 is 16.0 Å². The van der Waals surface area contributed by atoms with Crippen molar-refractivity contribution >= 4 is 23.1 Å². The predicted molar refractivity (Wildman–Crippen MR) is 96.5 cm³/mol. The molecular formula is C18H24F3N3S. The van der Waals surface area contributed by atoms with Crippen LogP contribution in [0.5, 0.6) is 0 Å². The number of halogens is 3. The molecule has 1 aliphatic carbocycles. The summed E-state index contributed by atoms with van der Waals surface area (Å²) >= 11 is 1.63. The highest BCUT2D eigenvalue weighted by atomic mass is 32.2. The fourth-order valence-electron chi connectivity index (χ4n) is 4.07. The van der Waals surface area contributed by atoms with Gasteiger partial charge in [-0.05, 0) is 50.9 Å². The Morgan fingerprint density at radius 1 is 1.04 bits per heavy atom. The van der Waals surface area contributed by atoms with Crippen molar-refractivity contribution < 1.29 is 13.2 Å². The van der Waals surface area contributed by atoms with Crippen LogP contribution < -0.4 is 16.0 Å². The summed E-state index contributed by atoms with van der Waals surface area (Å²) in [6.45, 7) is 1.82. The molecule has 0 spiro atoms. The molecule has 7 heteroatoms. The highest BCUT2D eigenvalue weighted by Gasteiger charge is 2.37. The maximum Gasteiger partial charge on any atom is 0.416 e. The Morgan fingerprint density at radius 3 is 2.56 bits per heavy atom. The molecule has 1 saturated heterocycles. The van der Waals surface area contributed by atoms with Crippen LogP contribution in [0.1, 0.15) is 44.1 Å². The van der Waals surface area contributed by atoms with Gasteiger partial charge in [0.2, 0.25) is 0 Å². The van der Waals surface area contributed by atoms with Crippen LogP contribution in [0, 0.1) is 0 Å². The second-order valence-corrected chi connectivity index (χ2v) is 8.54. The SMILES string of the molecule is FC(F)(F)c1cc(NC2CCNCC2)c2c(c1)SC1CCCCC1N2. The van der Waals surface area contributed by atoms with Crippen LogP contribution in [0.4, 0.5) is 24.5 Å². The first-order valence-corrected chi connectivity index (χ1v) is 10.0. The fraction of sp³-hybridized carbons (Fsp3) is 0.667. The normalized spacial score (nSPS) is 27.2. The summed E-state index contributed by atoms with van der Waals surface area (Å²) in [6, 6.07) is 3.21. The van der Waals surface area contributed by atoms with Crippen LogP contribution in [0.25, 0.3) is 0 Å². The molecule has 3 nitrogen and oxygen atoms in total. The van der Waals surface area contributed by atoms with Gasteiger partial charge in [-0.15, -0.1) is 11.8 Å². The van der Waals surface area contributed by atoms with Gasteiger partial charge in [0.1, 0.15) is 0 Å². The van der Waals surface area contributed by atoms with E-state index in [0.717, 1.165) is 49.4 Å². The molecule has 0 amide bonds. The first-order chi connectivity index (χ1) is 12.0. The third kappa shape index (κ3) is 3.72. The van der Waals surface area contributed by atoms with Crippen LogP contribution in [0.3, 0.4) is 0 Å². The van der Waals surface area contributed by atoms with E-state index in [9.17, 15) is 13.2 Å². The maximum atomic E-state index is 13.4. The molecule has 2 heterocycles. The van der Waals surface area contributed by atoms with Gasteiger partial charge in [0.05, 0.1) is 16.9 Å². The summed E-state index contributed by atoms with van der Waals surface area (Å²) in [4.78, 5) is 0.745. The lowest BCUT2D eigenvalue weighted by Crippen LogP contribution is -2.39. The van der Waals surface area contributed by atoms with Crippen LogP contribution in [-0.2, 0) is 6.18 Å². The number of rotatable bonds is 2. The number of anilines is 2. The summed E-state index contributed by atoms with van der Waals surface area (Å²) in [5.74, 6) is 0.